The average Bonchev–Trinajstić information content (AvgIpc) is 2.39. The van der Waals surface area contributed by atoms with Gasteiger partial charge in [-0.05, 0) is 45.7 Å². The van der Waals surface area contributed by atoms with Gasteiger partial charge in [0.25, 0.3) is 0 Å². The fourth-order valence-corrected chi connectivity index (χ4v) is 4.00. The number of rotatable bonds is 1. The first kappa shape index (κ1) is 11.9. The minimum absolute atomic E-state index is 0.759. The van der Waals surface area contributed by atoms with Crippen molar-refractivity contribution in [2.24, 2.45) is 0 Å². The third-order valence-corrected chi connectivity index (χ3v) is 4.98. The van der Waals surface area contributed by atoms with Gasteiger partial charge in [0.1, 0.15) is 0 Å². The molecular formula is C14H27N3. The minimum atomic E-state index is 0.759. The van der Waals surface area contributed by atoms with Crippen LogP contribution in [0, 0.1) is 0 Å². The molecule has 3 unspecified atom stereocenters. The van der Waals surface area contributed by atoms with Gasteiger partial charge in [0.2, 0.25) is 0 Å². The van der Waals surface area contributed by atoms with Crippen molar-refractivity contribution in [3.63, 3.8) is 0 Å². The monoisotopic (exact) mass is 237 g/mol. The summed E-state index contributed by atoms with van der Waals surface area (Å²) in [5, 5.41) is 3.57. The summed E-state index contributed by atoms with van der Waals surface area (Å²) in [5.41, 5.74) is 0. The van der Waals surface area contributed by atoms with Gasteiger partial charge in [0, 0.05) is 37.8 Å². The predicted molar refractivity (Wildman–Crippen MR) is 71.3 cm³/mol. The Kier molecular flexibility index (Phi) is 3.69. The van der Waals surface area contributed by atoms with Gasteiger partial charge in [-0.1, -0.05) is 6.42 Å². The molecule has 3 atom stereocenters. The van der Waals surface area contributed by atoms with Gasteiger partial charge in [-0.2, -0.15) is 0 Å². The molecular weight excluding hydrogens is 210 g/mol. The van der Waals surface area contributed by atoms with Gasteiger partial charge in [-0.25, -0.2) is 0 Å². The summed E-state index contributed by atoms with van der Waals surface area (Å²) >= 11 is 0. The maximum Gasteiger partial charge on any atom is 0.0225 e. The molecule has 0 radical (unpaired) electrons. The number of nitrogens with zero attached hydrogens (tertiary/aromatic N) is 2. The molecule has 0 bridgehead atoms. The van der Waals surface area contributed by atoms with Crippen LogP contribution in [0.15, 0.2) is 0 Å². The summed E-state index contributed by atoms with van der Waals surface area (Å²) in [4.78, 5) is 5.56. The van der Waals surface area contributed by atoms with E-state index in [1.165, 1.54) is 64.8 Å². The molecule has 0 saturated carbocycles. The number of piperazine rings is 1. The van der Waals surface area contributed by atoms with E-state index in [9.17, 15) is 0 Å². The third-order valence-electron chi connectivity index (χ3n) is 4.98. The van der Waals surface area contributed by atoms with Crippen LogP contribution in [-0.4, -0.2) is 60.6 Å². The molecule has 0 amide bonds. The highest BCUT2D eigenvalue weighted by atomic mass is 15.3. The van der Waals surface area contributed by atoms with Crippen LogP contribution in [0.4, 0.5) is 0 Å². The van der Waals surface area contributed by atoms with E-state index in [0.29, 0.717) is 0 Å². The van der Waals surface area contributed by atoms with Crippen molar-refractivity contribution in [1.82, 2.24) is 15.1 Å². The third kappa shape index (κ3) is 2.51. The predicted octanol–water partition coefficient (Wildman–Crippen LogP) is 1.30. The lowest BCUT2D eigenvalue weighted by atomic mass is 9.94. The van der Waals surface area contributed by atoms with E-state index in [-0.39, 0.29) is 0 Å². The molecule has 3 rings (SSSR count). The average molecular weight is 237 g/mol. The van der Waals surface area contributed by atoms with Crippen molar-refractivity contribution in [3.05, 3.63) is 0 Å². The molecule has 98 valence electrons. The maximum absolute atomic E-state index is 3.57. The normalized spacial score (nSPS) is 41.1. The van der Waals surface area contributed by atoms with Gasteiger partial charge in [0.15, 0.2) is 0 Å². The largest absolute Gasteiger partial charge is 0.315 e. The molecule has 0 spiro atoms. The van der Waals surface area contributed by atoms with Crippen LogP contribution >= 0.6 is 0 Å². The van der Waals surface area contributed by atoms with E-state index in [2.05, 4.69) is 22.0 Å². The number of hydrogen-bond acceptors (Lipinski definition) is 3. The summed E-state index contributed by atoms with van der Waals surface area (Å²) in [6.07, 6.45) is 7.08. The van der Waals surface area contributed by atoms with Crippen LogP contribution in [0.1, 0.15) is 39.0 Å². The van der Waals surface area contributed by atoms with Crippen molar-refractivity contribution in [2.45, 2.75) is 57.2 Å². The Hall–Kier alpha value is -0.120. The van der Waals surface area contributed by atoms with E-state index >= 15 is 0 Å². The standard InChI is InChI=1S/C14H27N3/c1-12-10-16-8-3-2-5-14(16)11-17(12)13-6-4-7-15-9-13/h12-15H,2-11H2,1H3. The number of nitrogens with one attached hydrogen (secondary N) is 1. The number of fused-ring (bicyclic) bond motifs is 1. The highest BCUT2D eigenvalue weighted by Crippen LogP contribution is 2.26. The lowest BCUT2D eigenvalue weighted by molar-refractivity contribution is -0.0127. The first-order chi connectivity index (χ1) is 8.34. The van der Waals surface area contributed by atoms with E-state index in [4.69, 9.17) is 0 Å². The Labute approximate surface area is 106 Å². The zero-order valence-corrected chi connectivity index (χ0v) is 11.2. The van der Waals surface area contributed by atoms with Crippen molar-refractivity contribution in [2.75, 3.05) is 32.7 Å². The zero-order chi connectivity index (χ0) is 11.7. The summed E-state index contributed by atoms with van der Waals surface area (Å²) in [6.45, 7) is 8.87. The SMILES string of the molecule is CC1CN2CCCCC2CN1C1CCCNC1. The molecule has 3 nitrogen and oxygen atoms in total. The lowest BCUT2D eigenvalue weighted by Gasteiger charge is -2.50. The zero-order valence-electron chi connectivity index (χ0n) is 11.2. The molecule has 3 heterocycles. The molecule has 3 fully saturated rings. The number of hydrogen-bond donors (Lipinski definition) is 1. The van der Waals surface area contributed by atoms with Crippen LogP contribution in [0.2, 0.25) is 0 Å². The van der Waals surface area contributed by atoms with E-state index in [1.807, 2.05) is 0 Å². The smallest absolute Gasteiger partial charge is 0.0225 e. The van der Waals surface area contributed by atoms with E-state index < -0.39 is 0 Å². The second-order valence-electron chi connectivity index (χ2n) is 6.19. The first-order valence-electron chi connectivity index (χ1n) is 7.55. The molecule has 1 N–H and O–H groups in total. The topological polar surface area (TPSA) is 18.5 Å². The van der Waals surface area contributed by atoms with Gasteiger partial charge in [-0.15, -0.1) is 0 Å². The molecule has 3 heteroatoms. The Morgan fingerprint density at radius 2 is 1.88 bits per heavy atom. The first-order valence-corrected chi connectivity index (χ1v) is 7.55. The Bertz CT molecular complexity index is 250. The molecule has 17 heavy (non-hydrogen) atoms. The molecule has 0 aromatic rings. The Morgan fingerprint density at radius 1 is 1.00 bits per heavy atom. The molecule has 3 aliphatic rings. The van der Waals surface area contributed by atoms with Gasteiger partial charge in [-0.3, -0.25) is 9.80 Å². The molecule has 0 aliphatic carbocycles. The van der Waals surface area contributed by atoms with Crippen LogP contribution in [0.5, 0.6) is 0 Å². The van der Waals surface area contributed by atoms with Crippen LogP contribution in [0.3, 0.4) is 0 Å². The fourth-order valence-electron chi connectivity index (χ4n) is 4.00. The summed E-state index contributed by atoms with van der Waals surface area (Å²) in [6, 6.07) is 2.43. The van der Waals surface area contributed by atoms with Crippen molar-refractivity contribution in [1.29, 1.82) is 0 Å². The quantitative estimate of drug-likeness (QED) is 0.741. The van der Waals surface area contributed by atoms with E-state index in [1.54, 1.807) is 0 Å². The van der Waals surface area contributed by atoms with Crippen molar-refractivity contribution in [3.8, 4) is 0 Å². The maximum atomic E-state index is 3.57. The molecule has 3 aliphatic heterocycles. The molecule has 0 aromatic carbocycles. The summed E-state index contributed by atoms with van der Waals surface area (Å²) in [7, 11) is 0. The van der Waals surface area contributed by atoms with Gasteiger partial charge in [0.05, 0.1) is 0 Å². The second kappa shape index (κ2) is 5.25. The summed E-state index contributed by atoms with van der Waals surface area (Å²) in [5.74, 6) is 0. The minimum Gasteiger partial charge on any atom is -0.315 e. The van der Waals surface area contributed by atoms with Crippen LogP contribution < -0.4 is 5.32 Å². The van der Waals surface area contributed by atoms with Crippen LogP contribution in [-0.2, 0) is 0 Å². The second-order valence-corrected chi connectivity index (χ2v) is 6.19. The Morgan fingerprint density at radius 3 is 2.71 bits per heavy atom. The summed E-state index contributed by atoms with van der Waals surface area (Å²) < 4.78 is 0. The number of piperidine rings is 2. The highest BCUT2D eigenvalue weighted by molar-refractivity contribution is 4.93. The molecule has 0 aromatic heterocycles. The van der Waals surface area contributed by atoms with Gasteiger partial charge >= 0.3 is 0 Å². The Balaban J connectivity index is 1.64. The van der Waals surface area contributed by atoms with Crippen LogP contribution in [0.25, 0.3) is 0 Å². The van der Waals surface area contributed by atoms with Crippen molar-refractivity contribution >= 4 is 0 Å². The van der Waals surface area contributed by atoms with Gasteiger partial charge < -0.3 is 5.32 Å². The van der Waals surface area contributed by atoms with Crippen molar-refractivity contribution < 1.29 is 0 Å². The lowest BCUT2D eigenvalue weighted by Crippen LogP contribution is -2.62. The molecule has 3 saturated heterocycles. The fraction of sp³-hybridized carbons (Fsp3) is 1.00. The highest BCUT2D eigenvalue weighted by Gasteiger charge is 2.36. The van der Waals surface area contributed by atoms with E-state index in [0.717, 1.165) is 18.1 Å².